The van der Waals surface area contributed by atoms with E-state index < -0.39 is 24.2 Å². The summed E-state index contributed by atoms with van der Waals surface area (Å²) in [6, 6.07) is -0.712. The van der Waals surface area contributed by atoms with Crippen molar-refractivity contribution >= 4 is 5.91 Å². The third-order valence-corrected chi connectivity index (χ3v) is 14.1. The Hall–Kier alpha value is -1.17. The van der Waals surface area contributed by atoms with Gasteiger partial charge in [-0.05, 0) is 44.9 Å². The molecule has 0 aromatic rings. The van der Waals surface area contributed by atoms with Gasteiger partial charge in [0.2, 0.25) is 5.91 Å². The van der Waals surface area contributed by atoms with E-state index in [0.717, 1.165) is 38.5 Å². The molecule has 0 saturated carbocycles. The van der Waals surface area contributed by atoms with Crippen molar-refractivity contribution in [2.75, 3.05) is 6.61 Å². The van der Waals surface area contributed by atoms with Crippen LogP contribution >= 0.6 is 0 Å². The Morgan fingerprint density at radius 3 is 0.923 bits per heavy atom. The lowest BCUT2D eigenvalue weighted by Crippen LogP contribution is -2.49. The van der Waals surface area contributed by atoms with E-state index in [0.29, 0.717) is 12.8 Å². The molecule has 0 aromatic heterocycles. The molecular formula is C60H117NO4. The molecule has 5 nitrogen and oxygen atoms in total. The van der Waals surface area contributed by atoms with E-state index >= 15 is 0 Å². The Balaban J connectivity index is 3.51. The fraction of sp³-hybridized carbons (Fsp3) is 0.917. The van der Waals surface area contributed by atoms with Gasteiger partial charge in [0.05, 0.1) is 18.8 Å². The summed E-state index contributed by atoms with van der Waals surface area (Å²) in [4.78, 5) is 12.6. The number of aliphatic hydroxyl groups excluding tert-OH is 3. The van der Waals surface area contributed by atoms with Gasteiger partial charge in [-0.1, -0.05) is 308 Å². The molecule has 4 N–H and O–H groups in total. The van der Waals surface area contributed by atoms with Gasteiger partial charge in [0.15, 0.2) is 0 Å². The topological polar surface area (TPSA) is 89.8 Å². The third-order valence-electron chi connectivity index (χ3n) is 14.1. The molecule has 0 aromatic carbocycles. The van der Waals surface area contributed by atoms with Crippen molar-refractivity contribution in [1.82, 2.24) is 5.32 Å². The Morgan fingerprint density at radius 2 is 0.631 bits per heavy atom. The van der Waals surface area contributed by atoms with Gasteiger partial charge in [0, 0.05) is 0 Å². The molecule has 65 heavy (non-hydrogen) atoms. The molecule has 3 unspecified atom stereocenters. The van der Waals surface area contributed by atoms with Crippen molar-refractivity contribution in [3.05, 3.63) is 24.3 Å². The monoisotopic (exact) mass is 916 g/mol. The lowest BCUT2D eigenvalue weighted by molar-refractivity contribution is -0.131. The molecule has 0 rings (SSSR count). The fourth-order valence-electron chi connectivity index (χ4n) is 9.46. The van der Waals surface area contributed by atoms with Crippen LogP contribution < -0.4 is 5.32 Å². The zero-order valence-electron chi connectivity index (χ0n) is 44.1. The minimum Gasteiger partial charge on any atom is -0.394 e. The minimum absolute atomic E-state index is 0.311. The Labute approximate surface area is 407 Å². The SMILES string of the molecule is CCCCCCCCCCC/C=C\C/C=C\CCCCCCCCCCCCCCCCC(O)C(=O)NC(CO)C(O)CCCCCCCCCCCCCCCCCCCCCCC. The lowest BCUT2D eigenvalue weighted by atomic mass is 10.0. The first-order valence-corrected chi connectivity index (χ1v) is 29.6. The average molecular weight is 917 g/mol. The number of carbonyl (C=O) groups excluding carboxylic acids is 1. The first kappa shape index (κ1) is 63.8. The molecule has 5 heteroatoms. The number of aliphatic hydroxyl groups is 3. The van der Waals surface area contributed by atoms with Crippen LogP contribution in [0.25, 0.3) is 0 Å². The second-order valence-electron chi connectivity index (χ2n) is 20.6. The zero-order valence-corrected chi connectivity index (χ0v) is 44.1. The molecular weight excluding hydrogens is 799 g/mol. The number of hydrogen-bond acceptors (Lipinski definition) is 4. The van der Waals surface area contributed by atoms with E-state index in [4.69, 9.17) is 0 Å². The minimum atomic E-state index is -1.07. The predicted molar refractivity (Wildman–Crippen MR) is 287 cm³/mol. The normalized spacial score (nSPS) is 13.4. The van der Waals surface area contributed by atoms with Crippen LogP contribution in [-0.2, 0) is 4.79 Å². The molecule has 0 heterocycles. The van der Waals surface area contributed by atoms with Crippen LogP contribution in [0.1, 0.15) is 328 Å². The van der Waals surface area contributed by atoms with E-state index in [-0.39, 0.29) is 6.61 Å². The van der Waals surface area contributed by atoms with E-state index in [2.05, 4.69) is 43.5 Å². The summed E-state index contributed by atoms with van der Waals surface area (Å²) in [5, 5.41) is 33.6. The van der Waals surface area contributed by atoms with Crippen LogP contribution in [0.15, 0.2) is 24.3 Å². The van der Waals surface area contributed by atoms with Crippen molar-refractivity contribution < 1.29 is 20.1 Å². The highest BCUT2D eigenvalue weighted by molar-refractivity contribution is 5.80. The van der Waals surface area contributed by atoms with Crippen molar-refractivity contribution in [2.45, 2.75) is 347 Å². The van der Waals surface area contributed by atoms with Gasteiger partial charge in [0.1, 0.15) is 6.10 Å². The molecule has 3 atom stereocenters. The highest BCUT2D eigenvalue weighted by Gasteiger charge is 2.23. The molecule has 0 aliphatic rings. The molecule has 0 bridgehead atoms. The molecule has 0 aliphatic carbocycles. The summed E-state index contributed by atoms with van der Waals surface area (Å²) in [6.07, 6.45) is 70.9. The highest BCUT2D eigenvalue weighted by Crippen LogP contribution is 2.18. The number of carbonyl (C=O) groups is 1. The van der Waals surface area contributed by atoms with Gasteiger partial charge in [0.25, 0.3) is 0 Å². The summed E-state index contributed by atoms with van der Waals surface area (Å²) < 4.78 is 0. The van der Waals surface area contributed by atoms with Crippen molar-refractivity contribution in [3.63, 3.8) is 0 Å². The molecule has 0 saturated heterocycles. The Morgan fingerprint density at radius 1 is 0.369 bits per heavy atom. The van der Waals surface area contributed by atoms with Crippen LogP contribution in [0.2, 0.25) is 0 Å². The molecule has 0 aliphatic heterocycles. The standard InChI is InChI=1S/C60H117NO4/c1-3-5-7-9-11-13-15-17-19-21-23-25-26-27-28-29-30-31-32-33-35-37-39-41-43-45-47-49-51-53-55-59(64)60(65)61-57(56-62)58(63)54-52-50-48-46-44-42-40-38-36-34-24-22-20-18-16-14-12-10-8-6-4-2/h23,25,27-28,57-59,62-64H,3-22,24,26,29-56H2,1-2H3,(H,61,65)/b25-23-,28-27-. The number of hydrogen-bond donors (Lipinski definition) is 4. The van der Waals surface area contributed by atoms with Crippen LogP contribution in [-0.4, -0.2) is 46.1 Å². The lowest BCUT2D eigenvalue weighted by Gasteiger charge is -2.23. The summed E-state index contributed by atoms with van der Waals surface area (Å²) in [6.45, 7) is 4.27. The van der Waals surface area contributed by atoms with Crippen molar-refractivity contribution in [1.29, 1.82) is 0 Å². The smallest absolute Gasteiger partial charge is 0.249 e. The molecule has 386 valence electrons. The molecule has 0 radical (unpaired) electrons. The summed E-state index contributed by atoms with van der Waals surface area (Å²) in [5.41, 5.74) is 0. The number of allylic oxidation sites excluding steroid dienone is 4. The van der Waals surface area contributed by atoms with Gasteiger partial charge in [-0.3, -0.25) is 4.79 Å². The van der Waals surface area contributed by atoms with Crippen LogP contribution in [0, 0.1) is 0 Å². The number of unbranched alkanes of at least 4 members (excludes halogenated alkanes) is 43. The second-order valence-corrected chi connectivity index (χ2v) is 20.6. The van der Waals surface area contributed by atoms with Crippen LogP contribution in [0.5, 0.6) is 0 Å². The Kier molecular flexibility index (Phi) is 54.4. The van der Waals surface area contributed by atoms with Gasteiger partial charge in [-0.2, -0.15) is 0 Å². The quantitative estimate of drug-likeness (QED) is 0.0361. The van der Waals surface area contributed by atoms with E-state index in [9.17, 15) is 20.1 Å². The summed E-state index contributed by atoms with van der Waals surface area (Å²) in [5.74, 6) is -0.465. The Bertz CT molecular complexity index is 967. The van der Waals surface area contributed by atoms with Gasteiger partial charge in [-0.25, -0.2) is 0 Å². The van der Waals surface area contributed by atoms with Crippen molar-refractivity contribution in [2.24, 2.45) is 0 Å². The largest absolute Gasteiger partial charge is 0.394 e. The maximum Gasteiger partial charge on any atom is 0.249 e. The second kappa shape index (κ2) is 55.4. The molecule has 0 spiro atoms. The van der Waals surface area contributed by atoms with Gasteiger partial charge < -0.3 is 20.6 Å². The van der Waals surface area contributed by atoms with E-state index in [1.807, 2.05) is 0 Å². The first-order valence-electron chi connectivity index (χ1n) is 29.6. The van der Waals surface area contributed by atoms with E-state index in [1.165, 1.54) is 263 Å². The maximum atomic E-state index is 12.6. The molecule has 0 fully saturated rings. The van der Waals surface area contributed by atoms with Gasteiger partial charge in [-0.15, -0.1) is 0 Å². The number of rotatable bonds is 55. The predicted octanol–water partition coefficient (Wildman–Crippen LogP) is 18.5. The number of nitrogens with one attached hydrogen (secondary N) is 1. The molecule has 1 amide bonds. The summed E-state index contributed by atoms with van der Waals surface area (Å²) >= 11 is 0. The van der Waals surface area contributed by atoms with E-state index in [1.54, 1.807) is 0 Å². The average Bonchev–Trinajstić information content (AvgIpc) is 3.31. The summed E-state index contributed by atoms with van der Waals surface area (Å²) in [7, 11) is 0. The maximum absolute atomic E-state index is 12.6. The third kappa shape index (κ3) is 50.5. The highest BCUT2D eigenvalue weighted by atomic mass is 16.3. The zero-order chi connectivity index (χ0) is 47.2. The number of amides is 1. The van der Waals surface area contributed by atoms with Gasteiger partial charge >= 0.3 is 0 Å². The fourth-order valence-corrected chi connectivity index (χ4v) is 9.46. The van der Waals surface area contributed by atoms with Crippen molar-refractivity contribution in [3.8, 4) is 0 Å². The first-order chi connectivity index (χ1) is 32.1. The van der Waals surface area contributed by atoms with Crippen LogP contribution in [0.4, 0.5) is 0 Å². The van der Waals surface area contributed by atoms with Crippen LogP contribution in [0.3, 0.4) is 0 Å².